The molecule has 1 fully saturated rings. The summed E-state index contributed by atoms with van der Waals surface area (Å²) in [6.45, 7) is 2.86. The van der Waals surface area contributed by atoms with Crippen molar-refractivity contribution < 1.29 is 9.59 Å². The molecular weight excluding hydrogens is 368 g/mol. The van der Waals surface area contributed by atoms with E-state index >= 15 is 0 Å². The van der Waals surface area contributed by atoms with Crippen LogP contribution in [0.5, 0.6) is 0 Å². The minimum Gasteiger partial charge on any atom is -0.355 e. The number of hydrazone groups is 1. The predicted molar refractivity (Wildman–Crippen MR) is 110 cm³/mol. The second kappa shape index (κ2) is 8.38. The molecule has 0 aliphatic carbocycles. The van der Waals surface area contributed by atoms with E-state index in [9.17, 15) is 9.59 Å². The van der Waals surface area contributed by atoms with Gasteiger partial charge >= 0.3 is 0 Å². The Morgan fingerprint density at radius 1 is 1.10 bits per heavy atom. The number of hydrogen-bond acceptors (Lipinski definition) is 6. The van der Waals surface area contributed by atoms with Crippen LogP contribution in [-0.4, -0.2) is 46.1 Å². The van der Waals surface area contributed by atoms with E-state index in [2.05, 4.69) is 25.3 Å². The quantitative estimate of drug-likeness (QED) is 0.864. The van der Waals surface area contributed by atoms with Gasteiger partial charge in [-0.3, -0.25) is 14.6 Å². The van der Waals surface area contributed by atoms with Crippen molar-refractivity contribution in [2.75, 3.05) is 23.3 Å². The van der Waals surface area contributed by atoms with Gasteiger partial charge in [-0.05, 0) is 18.4 Å². The lowest BCUT2D eigenvalue weighted by atomic mass is 9.94. The second-order valence-electron chi connectivity index (χ2n) is 7.35. The highest BCUT2D eigenvalue weighted by Gasteiger charge is 2.34. The Balaban J connectivity index is 1.39. The number of anilines is 2. The summed E-state index contributed by atoms with van der Waals surface area (Å²) in [4.78, 5) is 35.1. The first-order chi connectivity index (χ1) is 14.1. The summed E-state index contributed by atoms with van der Waals surface area (Å²) in [5.74, 6) is 0.998. The maximum Gasteiger partial charge on any atom is 0.246 e. The van der Waals surface area contributed by atoms with Gasteiger partial charge in [-0.1, -0.05) is 30.3 Å². The third-order valence-electron chi connectivity index (χ3n) is 5.33. The summed E-state index contributed by atoms with van der Waals surface area (Å²) in [7, 11) is 0. The fraction of sp³-hybridized carbons (Fsp3) is 0.381. The Bertz CT molecular complexity index is 908. The molecule has 29 heavy (non-hydrogen) atoms. The summed E-state index contributed by atoms with van der Waals surface area (Å²) in [6, 6.07) is 10.0. The van der Waals surface area contributed by atoms with Gasteiger partial charge in [0, 0.05) is 38.6 Å². The molecule has 0 bridgehead atoms. The van der Waals surface area contributed by atoms with Gasteiger partial charge in [0.2, 0.25) is 11.8 Å². The zero-order valence-corrected chi connectivity index (χ0v) is 16.4. The van der Waals surface area contributed by atoms with Crippen LogP contribution < -0.4 is 10.2 Å². The second-order valence-corrected chi connectivity index (χ2v) is 7.35. The molecule has 3 heterocycles. The van der Waals surface area contributed by atoms with Crippen LogP contribution in [0, 0.1) is 5.92 Å². The highest BCUT2D eigenvalue weighted by Crippen LogP contribution is 2.32. The molecule has 1 aromatic heterocycles. The zero-order valence-electron chi connectivity index (χ0n) is 16.4. The van der Waals surface area contributed by atoms with Crippen LogP contribution in [0.15, 0.2) is 47.8 Å². The topological polar surface area (TPSA) is 90.8 Å². The maximum absolute atomic E-state index is 13.1. The first kappa shape index (κ1) is 19.0. The Morgan fingerprint density at radius 2 is 1.86 bits per heavy atom. The molecule has 1 N–H and O–H groups in total. The van der Waals surface area contributed by atoms with Crippen molar-refractivity contribution in [2.45, 2.75) is 32.2 Å². The normalized spacial score (nSPS) is 19.4. The van der Waals surface area contributed by atoms with Gasteiger partial charge in [-0.15, -0.1) is 0 Å². The average Bonchev–Trinajstić information content (AvgIpc) is 3.24. The van der Waals surface area contributed by atoms with Crippen LogP contribution in [0.1, 0.15) is 37.8 Å². The van der Waals surface area contributed by atoms with E-state index in [4.69, 9.17) is 0 Å². The molecule has 2 aromatic rings. The molecule has 0 radical (unpaired) electrons. The number of rotatable bonds is 4. The van der Waals surface area contributed by atoms with E-state index in [1.165, 1.54) is 13.1 Å². The number of benzene rings is 1. The number of carbonyl (C=O) groups is 2. The molecule has 1 atom stereocenters. The molecule has 1 aromatic carbocycles. The standard InChI is InChI=1S/C21H24N6O2/c1-15(28)24-19-13-22-14-20(25-19)26-11-8-17(9-12-26)21(29)27-18(7-10-23-27)16-5-3-2-4-6-16/h2-6,10,13-14,17-18H,7-9,11-12H2,1H3,(H,24,25,28)/t18-/m0/s1. The number of hydrogen-bond donors (Lipinski definition) is 1. The van der Waals surface area contributed by atoms with Gasteiger partial charge in [-0.25, -0.2) is 9.99 Å². The van der Waals surface area contributed by atoms with Crippen LogP contribution in [0.3, 0.4) is 0 Å². The number of nitrogens with one attached hydrogen (secondary N) is 1. The van der Waals surface area contributed by atoms with Crippen molar-refractivity contribution in [3.8, 4) is 0 Å². The minimum absolute atomic E-state index is 0.0121. The predicted octanol–water partition coefficient (Wildman–Crippen LogP) is 2.61. The largest absolute Gasteiger partial charge is 0.355 e. The summed E-state index contributed by atoms with van der Waals surface area (Å²) in [5, 5.41) is 8.68. The Hall–Kier alpha value is -3.29. The lowest BCUT2D eigenvalue weighted by Crippen LogP contribution is -2.41. The number of carbonyl (C=O) groups excluding carboxylic acids is 2. The third-order valence-corrected chi connectivity index (χ3v) is 5.33. The van der Waals surface area contributed by atoms with Gasteiger partial charge in [0.1, 0.15) is 5.82 Å². The van der Waals surface area contributed by atoms with Crippen LogP contribution in [-0.2, 0) is 9.59 Å². The lowest BCUT2D eigenvalue weighted by Gasteiger charge is -2.34. The maximum atomic E-state index is 13.1. The van der Waals surface area contributed by atoms with Crippen molar-refractivity contribution in [1.82, 2.24) is 15.0 Å². The molecule has 1 saturated heterocycles. The number of nitrogens with zero attached hydrogens (tertiary/aromatic N) is 5. The summed E-state index contributed by atoms with van der Waals surface area (Å²) >= 11 is 0. The van der Waals surface area contributed by atoms with E-state index in [-0.39, 0.29) is 23.8 Å². The monoisotopic (exact) mass is 392 g/mol. The molecule has 8 heteroatoms. The first-order valence-corrected chi connectivity index (χ1v) is 9.87. The molecule has 8 nitrogen and oxygen atoms in total. The molecule has 2 aliphatic rings. The van der Waals surface area contributed by atoms with E-state index in [0.29, 0.717) is 24.7 Å². The Labute approximate surface area is 169 Å². The average molecular weight is 392 g/mol. The Kier molecular flexibility index (Phi) is 5.50. The van der Waals surface area contributed by atoms with Crippen molar-refractivity contribution in [1.29, 1.82) is 0 Å². The number of amides is 2. The fourth-order valence-electron chi connectivity index (χ4n) is 3.87. The Morgan fingerprint density at radius 3 is 2.59 bits per heavy atom. The van der Waals surface area contributed by atoms with Gasteiger partial charge in [0.05, 0.1) is 18.4 Å². The molecule has 150 valence electrons. The highest BCUT2D eigenvalue weighted by molar-refractivity contribution is 5.87. The third kappa shape index (κ3) is 4.26. The van der Waals surface area contributed by atoms with Crippen LogP contribution in [0.25, 0.3) is 0 Å². The van der Waals surface area contributed by atoms with E-state index in [0.717, 1.165) is 24.8 Å². The van der Waals surface area contributed by atoms with Crippen molar-refractivity contribution in [3.63, 3.8) is 0 Å². The van der Waals surface area contributed by atoms with Crippen LogP contribution in [0.4, 0.5) is 11.6 Å². The van der Waals surface area contributed by atoms with E-state index in [1.807, 2.05) is 36.5 Å². The van der Waals surface area contributed by atoms with Crippen molar-refractivity contribution in [2.24, 2.45) is 11.0 Å². The highest BCUT2D eigenvalue weighted by atomic mass is 16.2. The summed E-state index contributed by atoms with van der Waals surface area (Å²) in [6.07, 6.45) is 7.25. The SMILES string of the molecule is CC(=O)Nc1cncc(N2CCC(C(=O)N3N=CC[C@H]3c3ccccc3)CC2)n1. The van der Waals surface area contributed by atoms with Crippen LogP contribution >= 0.6 is 0 Å². The molecule has 0 unspecified atom stereocenters. The summed E-state index contributed by atoms with van der Waals surface area (Å²) in [5.41, 5.74) is 1.11. The fourth-order valence-corrected chi connectivity index (χ4v) is 3.87. The van der Waals surface area contributed by atoms with Crippen molar-refractivity contribution >= 4 is 29.7 Å². The minimum atomic E-state index is -0.181. The van der Waals surface area contributed by atoms with Crippen LogP contribution in [0.2, 0.25) is 0 Å². The molecule has 4 rings (SSSR count). The van der Waals surface area contributed by atoms with Gasteiger partial charge < -0.3 is 10.2 Å². The van der Waals surface area contributed by atoms with Gasteiger partial charge in [-0.2, -0.15) is 5.10 Å². The molecule has 0 saturated carbocycles. The van der Waals surface area contributed by atoms with Gasteiger partial charge in [0.15, 0.2) is 5.82 Å². The van der Waals surface area contributed by atoms with Gasteiger partial charge in [0.25, 0.3) is 0 Å². The molecular formula is C21H24N6O2. The van der Waals surface area contributed by atoms with E-state index in [1.54, 1.807) is 11.2 Å². The summed E-state index contributed by atoms with van der Waals surface area (Å²) < 4.78 is 0. The molecule has 2 amide bonds. The smallest absolute Gasteiger partial charge is 0.246 e. The molecule has 2 aliphatic heterocycles. The number of piperidine rings is 1. The van der Waals surface area contributed by atoms with Crippen molar-refractivity contribution in [3.05, 3.63) is 48.3 Å². The number of aromatic nitrogens is 2. The first-order valence-electron chi connectivity index (χ1n) is 9.87. The van der Waals surface area contributed by atoms with E-state index < -0.39 is 0 Å². The molecule has 0 spiro atoms. The lowest BCUT2D eigenvalue weighted by molar-refractivity contribution is -0.138. The zero-order chi connectivity index (χ0) is 20.2.